The van der Waals surface area contributed by atoms with E-state index in [1.807, 2.05) is 63.4 Å². The number of aromatic hydroxyl groups is 2. The molecule has 0 aromatic heterocycles. The Balaban J connectivity index is 0.000000203. The number of rotatable bonds is 3. The first kappa shape index (κ1) is 38.5. The highest BCUT2D eigenvalue weighted by molar-refractivity contribution is 14.1. The zero-order valence-corrected chi connectivity index (χ0v) is 34.0. The molecule has 0 aliphatic carbocycles. The van der Waals surface area contributed by atoms with Gasteiger partial charge in [-0.25, -0.2) is 4.79 Å². The van der Waals surface area contributed by atoms with Gasteiger partial charge >= 0.3 is 5.97 Å². The molecule has 0 bridgehead atoms. The van der Waals surface area contributed by atoms with Crippen molar-refractivity contribution in [1.29, 1.82) is 5.26 Å². The lowest BCUT2D eigenvalue weighted by molar-refractivity contribution is -0.111. The molecule has 0 radical (unpaired) electrons. The molecule has 2 aliphatic rings. The molecule has 11 heteroatoms. The van der Waals surface area contributed by atoms with Gasteiger partial charge in [0.15, 0.2) is 0 Å². The number of hydrogen-bond donors (Lipinski definition) is 4. The van der Waals surface area contributed by atoms with Crippen molar-refractivity contribution in [1.82, 2.24) is 0 Å². The van der Waals surface area contributed by atoms with Crippen LogP contribution in [0.3, 0.4) is 0 Å². The molecule has 0 unspecified atom stereocenters. The summed E-state index contributed by atoms with van der Waals surface area (Å²) in [5.74, 6) is -0.429. The first-order valence-electron chi connectivity index (χ1n) is 16.2. The number of phenols is 2. The van der Waals surface area contributed by atoms with E-state index in [0.29, 0.717) is 52.1 Å². The minimum absolute atomic E-state index is 0.187. The van der Waals surface area contributed by atoms with E-state index in [1.54, 1.807) is 54.6 Å². The minimum Gasteiger partial charge on any atom is -0.507 e. The zero-order chi connectivity index (χ0) is 38.3. The molecule has 0 saturated heterocycles. The van der Waals surface area contributed by atoms with Crippen molar-refractivity contribution in [3.63, 3.8) is 0 Å². The molecule has 0 spiro atoms. The van der Waals surface area contributed by atoms with Crippen LogP contribution < -0.4 is 10.6 Å². The largest absolute Gasteiger partial charge is 0.507 e. The standard InChI is InChI=1S/C24H26N2O2.C17H11I2NO4/c1-23(2,3)18-11-15(12-19(21(18)27)24(4,5)6)10-17-16-9-14(13-25)7-8-20(16)26-22(17)28;1-24-17(23)10-4-2-3-9-11(16(22)20-14(9)10)5-8-6-12(18)15(21)13(19)7-8/h7-12,27H,1-6H3,(H,26,28);2-7,21H,1H3,(H,20,22). The molecule has 2 amide bonds. The Morgan fingerprint density at radius 1 is 0.769 bits per heavy atom. The third-order valence-corrected chi connectivity index (χ3v) is 10.2. The minimum atomic E-state index is -0.498. The van der Waals surface area contributed by atoms with Crippen molar-refractivity contribution in [2.75, 3.05) is 17.7 Å². The number of carbonyl (C=O) groups excluding carboxylic acids is 3. The summed E-state index contributed by atoms with van der Waals surface area (Å²) in [4.78, 5) is 36.8. The molecule has 2 heterocycles. The summed E-state index contributed by atoms with van der Waals surface area (Å²) >= 11 is 4.08. The average Bonchev–Trinajstić information content (AvgIpc) is 3.56. The van der Waals surface area contributed by atoms with Crippen LogP contribution in [0.4, 0.5) is 11.4 Å². The predicted octanol–water partition coefficient (Wildman–Crippen LogP) is 9.23. The van der Waals surface area contributed by atoms with Crippen LogP contribution in [-0.4, -0.2) is 35.1 Å². The van der Waals surface area contributed by atoms with E-state index in [-0.39, 0.29) is 28.4 Å². The Labute approximate surface area is 330 Å². The molecule has 9 nitrogen and oxygen atoms in total. The molecule has 4 N–H and O–H groups in total. The van der Waals surface area contributed by atoms with E-state index in [0.717, 1.165) is 27.8 Å². The predicted molar refractivity (Wildman–Crippen MR) is 221 cm³/mol. The van der Waals surface area contributed by atoms with Gasteiger partial charge in [-0.15, -0.1) is 0 Å². The van der Waals surface area contributed by atoms with Gasteiger partial charge in [-0.3, -0.25) is 9.59 Å². The fourth-order valence-electron chi connectivity index (χ4n) is 5.92. The normalized spacial score (nSPS) is 14.9. The van der Waals surface area contributed by atoms with Crippen LogP contribution in [0.2, 0.25) is 0 Å². The van der Waals surface area contributed by atoms with Gasteiger partial charge in [0.25, 0.3) is 11.8 Å². The first-order chi connectivity index (χ1) is 24.3. The van der Waals surface area contributed by atoms with Gasteiger partial charge in [0.1, 0.15) is 11.5 Å². The molecule has 0 fully saturated rings. The highest BCUT2D eigenvalue weighted by Gasteiger charge is 2.30. The highest BCUT2D eigenvalue weighted by Crippen LogP contribution is 2.42. The van der Waals surface area contributed by atoms with Crippen LogP contribution in [0.1, 0.15) is 90.8 Å². The van der Waals surface area contributed by atoms with E-state index < -0.39 is 5.97 Å². The van der Waals surface area contributed by atoms with Gasteiger partial charge in [0.05, 0.1) is 37.1 Å². The molecule has 4 aromatic rings. The molecule has 4 aromatic carbocycles. The van der Waals surface area contributed by atoms with Crippen LogP contribution in [-0.2, 0) is 25.2 Å². The maximum atomic E-state index is 12.6. The van der Waals surface area contributed by atoms with Gasteiger partial charge in [-0.1, -0.05) is 53.7 Å². The maximum Gasteiger partial charge on any atom is 0.339 e. The first-order valence-corrected chi connectivity index (χ1v) is 18.4. The number of nitrogens with one attached hydrogen (secondary N) is 2. The number of fused-ring (bicyclic) bond motifs is 2. The van der Waals surface area contributed by atoms with Gasteiger partial charge in [-0.2, -0.15) is 5.26 Å². The number of nitriles is 1. The van der Waals surface area contributed by atoms with E-state index in [1.165, 1.54) is 7.11 Å². The van der Waals surface area contributed by atoms with Gasteiger partial charge in [0, 0.05) is 39.1 Å². The summed E-state index contributed by atoms with van der Waals surface area (Å²) in [5.41, 5.74) is 7.22. The third-order valence-electron chi connectivity index (χ3n) is 8.58. The Bertz CT molecular complexity index is 2210. The third kappa shape index (κ3) is 7.88. The molecular weight excluding hydrogens is 884 g/mol. The number of hydrogen-bond acceptors (Lipinski definition) is 7. The average molecular weight is 922 g/mol. The number of esters is 1. The molecule has 6 rings (SSSR count). The quantitative estimate of drug-likeness (QED) is 0.0910. The van der Waals surface area contributed by atoms with Crippen LogP contribution in [0.5, 0.6) is 11.5 Å². The number of anilines is 2. The van der Waals surface area contributed by atoms with Crippen LogP contribution in [0.25, 0.3) is 23.3 Å². The van der Waals surface area contributed by atoms with Crippen molar-refractivity contribution >= 4 is 97.6 Å². The number of ether oxygens (including phenoxy) is 1. The summed E-state index contributed by atoms with van der Waals surface area (Å²) in [5, 5.41) is 35.5. The lowest BCUT2D eigenvalue weighted by atomic mass is 9.78. The Hall–Kier alpha value is -4.68. The fraction of sp³-hybridized carbons (Fsp3) is 0.220. The summed E-state index contributed by atoms with van der Waals surface area (Å²) < 4.78 is 6.16. The van der Waals surface area contributed by atoms with Gasteiger partial charge in [-0.05, 0) is 128 Å². The Kier molecular flexibility index (Phi) is 10.9. The number of phenolic OH excluding ortho intramolecular Hbond substituents is 2. The summed E-state index contributed by atoms with van der Waals surface area (Å²) in [7, 11) is 1.30. The van der Waals surface area contributed by atoms with Crippen molar-refractivity contribution in [3.05, 3.63) is 112 Å². The number of amides is 2. The van der Waals surface area contributed by atoms with Gasteiger partial charge in [0.2, 0.25) is 0 Å². The van der Waals surface area contributed by atoms with Crippen LogP contribution in [0.15, 0.2) is 60.7 Å². The van der Waals surface area contributed by atoms with Gasteiger partial charge < -0.3 is 25.6 Å². The Morgan fingerprint density at radius 3 is 1.85 bits per heavy atom. The lowest BCUT2D eigenvalue weighted by Gasteiger charge is -2.28. The second-order valence-electron chi connectivity index (χ2n) is 14.4. The van der Waals surface area contributed by atoms with E-state index >= 15 is 0 Å². The van der Waals surface area contributed by atoms with E-state index in [9.17, 15) is 29.9 Å². The fourth-order valence-corrected chi connectivity index (χ4v) is 7.74. The smallest absolute Gasteiger partial charge is 0.339 e. The number of nitrogens with zero attached hydrogens (tertiary/aromatic N) is 1. The molecule has 2 aliphatic heterocycles. The van der Waals surface area contributed by atoms with Crippen LogP contribution >= 0.6 is 45.2 Å². The molecule has 0 saturated carbocycles. The summed E-state index contributed by atoms with van der Waals surface area (Å²) in [6.45, 7) is 12.3. The lowest BCUT2D eigenvalue weighted by Crippen LogP contribution is -2.17. The number of para-hydroxylation sites is 1. The SMILES string of the molecule is CC(C)(C)c1cc(C=C2C(=O)Nc3ccc(C#N)cc32)cc(C(C)(C)C)c1O.COC(=O)c1cccc2c1NC(=O)C2=Cc1cc(I)c(O)c(I)c1. The Morgan fingerprint density at radius 2 is 1.31 bits per heavy atom. The van der Waals surface area contributed by atoms with Crippen molar-refractivity contribution < 1.29 is 29.3 Å². The summed E-state index contributed by atoms with van der Waals surface area (Å²) in [6, 6.07) is 19.9. The molecule has 52 heavy (non-hydrogen) atoms. The van der Waals surface area contributed by atoms with E-state index in [4.69, 9.17) is 4.74 Å². The second-order valence-corrected chi connectivity index (χ2v) is 16.7. The molecular formula is C41H37I2N3O6. The maximum absolute atomic E-state index is 12.6. The monoisotopic (exact) mass is 921 g/mol. The number of benzene rings is 4. The topological polar surface area (TPSA) is 149 Å². The second kappa shape index (κ2) is 14.7. The zero-order valence-electron chi connectivity index (χ0n) is 29.7. The summed E-state index contributed by atoms with van der Waals surface area (Å²) in [6.07, 6.45) is 3.58. The van der Waals surface area contributed by atoms with Crippen molar-refractivity contribution in [2.24, 2.45) is 0 Å². The number of halogens is 2. The van der Waals surface area contributed by atoms with Crippen molar-refractivity contribution in [3.8, 4) is 17.6 Å². The van der Waals surface area contributed by atoms with Crippen molar-refractivity contribution in [2.45, 2.75) is 52.4 Å². The van der Waals surface area contributed by atoms with E-state index in [2.05, 4.69) is 58.2 Å². The number of carbonyl (C=O) groups is 3. The highest BCUT2D eigenvalue weighted by atomic mass is 127. The van der Waals surface area contributed by atoms with Crippen LogP contribution in [0, 0.1) is 18.5 Å². The molecule has 266 valence electrons. The molecule has 0 atom stereocenters. The number of methoxy groups -OCH3 is 1.